The summed E-state index contributed by atoms with van der Waals surface area (Å²) in [5.41, 5.74) is 0.256. The van der Waals surface area contributed by atoms with Gasteiger partial charge in [0.25, 0.3) is 5.91 Å². The number of hydrogen-bond acceptors (Lipinski definition) is 5. The molecule has 0 fully saturated rings. The van der Waals surface area contributed by atoms with Crippen LogP contribution in [-0.2, 0) is 4.74 Å². The first-order valence-corrected chi connectivity index (χ1v) is 6.31. The van der Waals surface area contributed by atoms with Crippen molar-refractivity contribution in [1.82, 2.24) is 25.3 Å². The molecule has 2 aromatic heterocycles. The minimum Gasteiger partial charge on any atom is -0.383 e. The summed E-state index contributed by atoms with van der Waals surface area (Å²) < 4.78 is 7.24. The maximum absolute atomic E-state index is 11.7. The van der Waals surface area contributed by atoms with Crippen molar-refractivity contribution in [3.8, 4) is 5.82 Å². The first-order valence-electron chi connectivity index (χ1n) is 5.52. The summed E-state index contributed by atoms with van der Waals surface area (Å²) in [7, 11) is 1.57. The molecule has 1 N–H and O–H groups in total. The molecule has 100 valence electrons. The summed E-state index contributed by atoms with van der Waals surface area (Å²) in [5, 5.41) is 14.6. The smallest absolute Gasteiger partial charge is 0.271 e. The number of ether oxygens (including phenoxy) is 1. The first-order chi connectivity index (χ1) is 9.20. The molecule has 7 nitrogen and oxygen atoms in total. The van der Waals surface area contributed by atoms with Crippen molar-refractivity contribution in [3.05, 3.63) is 34.7 Å². The first kappa shape index (κ1) is 13.6. The Hall–Kier alpha value is -1.80. The molecular formula is C11H12BrN5O2. The summed E-state index contributed by atoms with van der Waals surface area (Å²) in [6.45, 7) is 0.892. The predicted octanol–water partition coefficient (Wildman–Crippen LogP) is 0.801. The number of methoxy groups -OCH3 is 1. The molecule has 2 aromatic rings. The number of carbonyl (C=O) groups is 1. The molecule has 0 radical (unpaired) electrons. The number of nitrogens with one attached hydrogen (secondary N) is 1. The molecular weight excluding hydrogens is 314 g/mol. The molecule has 0 aliphatic rings. The molecule has 2 rings (SSSR count). The second kappa shape index (κ2) is 6.39. The largest absolute Gasteiger partial charge is 0.383 e. The highest BCUT2D eigenvalue weighted by Crippen LogP contribution is 2.10. The molecule has 0 atom stereocenters. The van der Waals surface area contributed by atoms with Gasteiger partial charge in [0.1, 0.15) is 0 Å². The van der Waals surface area contributed by atoms with Crippen LogP contribution >= 0.6 is 15.9 Å². The highest BCUT2D eigenvalue weighted by atomic mass is 79.9. The van der Waals surface area contributed by atoms with Gasteiger partial charge < -0.3 is 10.1 Å². The SMILES string of the molecule is COCCNC(=O)c1ccc(-n2cc(Br)cn2)nn1. The number of amides is 1. The van der Waals surface area contributed by atoms with Crippen molar-refractivity contribution < 1.29 is 9.53 Å². The Bertz CT molecular complexity index is 554. The fourth-order valence-electron chi connectivity index (χ4n) is 1.35. The monoisotopic (exact) mass is 325 g/mol. The minimum absolute atomic E-state index is 0.256. The van der Waals surface area contributed by atoms with Crippen molar-refractivity contribution in [2.24, 2.45) is 0 Å². The zero-order valence-electron chi connectivity index (χ0n) is 10.2. The highest BCUT2D eigenvalue weighted by molar-refractivity contribution is 9.10. The van der Waals surface area contributed by atoms with Gasteiger partial charge in [-0.2, -0.15) is 5.10 Å². The second-order valence-corrected chi connectivity index (χ2v) is 4.54. The van der Waals surface area contributed by atoms with E-state index in [9.17, 15) is 4.79 Å². The maximum atomic E-state index is 11.7. The van der Waals surface area contributed by atoms with Crippen LogP contribution in [0.15, 0.2) is 29.0 Å². The summed E-state index contributed by atoms with van der Waals surface area (Å²) >= 11 is 3.29. The lowest BCUT2D eigenvalue weighted by molar-refractivity contribution is 0.0931. The van der Waals surface area contributed by atoms with Crippen molar-refractivity contribution in [1.29, 1.82) is 0 Å². The van der Waals surface area contributed by atoms with E-state index in [0.29, 0.717) is 19.0 Å². The number of hydrogen-bond donors (Lipinski definition) is 1. The molecule has 0 saturated carbocycles. The van der Waals surface area contributed by atoms with Gasteiger partial charge in [-0.05, 0) is 28.1 Å². The highest BCUT2D eigenvalue weighted by Gasteiger charge is 2.08. The average Bonchev–Trinajstić information content (AvgIpc) is 2.86. The van der Waals surface area contributed by atoms with Crippen LogP contribution in [0.5, 0.6) is 0 Å². The fourth-order valence-corrected chi connectivity index (χ4v) is 1.64. The third-order valence-electron chi connectivity index (χ3n) is 2.26. The van der Waals surface area contributed by atoms with Crippen LogP contribution in [0, 0.1) is 0 Å². The summed E-state index contributed by atoms with van der Waals surface area (Å²) in [6, 6.07) is 3.28. The molecule has 0 bridgehead atoms. The normalized spacial score (nSPS) is 10.4. The Labute approximate surface area is 118 Å². The van der Waals surface area contributed by atoms with Gasteiger partial charge in [0.15, 0.2) is 11.5 Å². The van der Waals surface area contributed by atoms with Gasteiger partial charge in [-0.25, -0.2) is 4.68 Å². The van der Waals surface area contributed by atoms with Crippen molar-refractivity contribution >= 4 is 21.8 Å². The number of carbonyl (C=O) groups excluding carboxylic acids is 1. The zero-order valence-corrected chi connectivity index (χ0v) is 11.8. The molecule has 0 spiro atoms. The van der Waals surface area contributed by atoms with Gasteiger partial charge in [-0.3, -0.25) is 4.79 Å². The third-order valence-corrected chi connectivity index (χ3v) is 2.67. The van der Waals surface area contributed by atoms with Gasteiger partial charge in [0.05, 0.1) is 17.3 Å². The molecule has 0 aliphatic heterocycles. The van der Waals surface area contributed by atoms with Crippen molar-refractivity contribution in [2.45, 2.75) is 0 Å². The number of halogens is 1. The topological polar surface area (TPSA) is 81.9 Å². The average molecular weight is 326 g/mol. The summed E-state index contributed by atoms with van der Waals surface area (Å²) in [4.78, 5) is 11.7. The lowest BCUT2D eigenvalue weighted by Crippen LogP contribution is -2.28. The minimum atomic E-state index is -0.280. The lowest BCUT2D eigenvalue weighted by Gasteiger charge is -2.04. The number of rotatable bonds is 5. The fraction of sp³-hybridized carbons (Fsp3) is 0.273. The Kier molecular flexibility index (Phi) is 4.58. The Morgan fingerprint density at radius 1 is 1.47 bits per heavy atom. The van der Waals surface area contributed by atoms with Gasteiger partial charge >= 0.3 is 0 Å². The van der Waals surface area contributed by atoms with Gasteiger partial charge in [-0.1, -0.05) is 0 Å². The van der Waals surface area contributed by atoms with E-state index in [1.165, 1.54) is 0 Å². The van der Waals surface area contributed by atoms with Crippen LogP contribution in [0.4, 0.5) is 0 Å². The summed E-state index contributed by atoms with van der Waals surface area (Å²) in [5.74, 6) is 0.261. The van der Waals surface area contributed by atoms with E-state index in [1.54, 1.807) is 36.3 Å². The Morgan fingerprint density at radius 2 is 2.32 bits per heavy atom. The van der Waals surface area contributed by atoms with Crippen LogP contribution in [0.3, 0.4) is 0 Å². The molecule has 0 unspecified atom stereocenters. The predicted molar refractivity (Wildman–Crippen MR) is 71.1 cm³/mol. The third kappa shape index (κ3) is 3.58. The molecule has 0 aromatic carbocycles. The number of aromatic nitrogens is 4. The van der Waals surface area contributed by atoms with Crippen molar-refractivity contribution in [3.63, 3.8) is 0 Å². The van der Waals surface area contributed by atoms with Gasteiger partial charge in [0, 0.05) is 19.9 Å². The molecule has 0 aliphatic carbocycles. The van der Waals surface area contributed by atoms with Crippen LogP contribution in [0.2, 0.25) is 0 Å². The van der Waals surface area contributed by atoms with Crippen molar-refractivity contribution in [2.75, 3.05) is 20.3 Å². The summed E-state index contributed by atoms with van der Waals surface area (Å²) in [6.07, 6.45) is 3.40. The van der Waals surface area contributed by atoms with E-state index in [4.69, 9.17) is 4.74 Å². The Balaban J connectivity index is 2.04. The van der Waals surface area contributed by atoms with E-state index in [-0.39, 0.29) is 11.6 Å². The molecule has 2 heterocycles. The quantitative estimate of drug-likeness (QED) is 0.822. The van der Waals surface area contributed by atoms with E-state index >= 15 is 0 Å². The van der Waals surface area contributed by atoms with Gasteiger partial charge in [0.2, 0.25) is 0 Å². The van der Waals surface area contributed by atoms with Crippen LogP contribution in [0.1, 0.15) is 10.5 Å². The zero-order chi connectivity index (χ0) is 13.7. The molecule has 8 heteroatoms. The van der Waals surface area contributed by atoms with Crippen LogP contribution < -0.4 is 5.32 Å². The Morgan fingerprint density at radius 3 is 2.89 bits per heavy atom. The van der Waals surface area contributed by atoms with E-state index in [1.807, 2.05) is 0 Å². The van der Waals surface area contributed by atoms with Gasteiger partial charge in [-0.15, -0.1) is 10.2 Å². The van der Waals surface area contributed by atoms with E-state index < -0.39 is 0 Å². The standard InChI is InChI=1S/C11H12BrN5O2/c1-19-5-4-13-11(18)9-2-3-10(16-15-9)17-7-8(12)6-14-17/h2-3,6-7H,4-5H2,1H3,(H,13,18). The second-order valence-electron chi connectivity index (χ2n) is 3.63. The van der Waals surface area contributed by atoms with E-state index in [0.717, 1.165) is 4.47 Å². The number of nitrogens with zero attached hydrogens (tertiary/aromatic N) is 4. The van der Waals surface area contributed by atoms with E-state index in [2.05, 4.69) is 36.5 Å². The van der Waals surface area contributed by atoms with Crippen LogP contribution in [0.25, 0.3) is 5.82 Å². The molecule has 1 amide bonds. The maximum Gasteiger partial charge on any atom is 0.271 e. The molecule has 0 saturated heterocycles. The molecule has 19 heavy (non-hydrogen) atoms. The van der Waals surface area contributed by atoms with Crippen LogP contribution in [-0.4, -0.2) is 46.1 Å². The lowest BCUT2D eigenvalue weighted by atomic mass is 10.3.